The van der Waals surface area contributed by atoms with Crippen LogP contribution in [0.5, 0.6) is 0 Å². The summed E-state index contributed by atoms with van der Waals surface area (Å²) in [5, 5.41) is 7.20. The third kappa shape index (κ3) is 4.71. The van der Waals surface area contributed by atoms with Gasteiger partial charge in [0, 0.05) is 17.2 Å². The number of hydrogen-bond acceptors (Lipinski definition) is 5. The highest BCUT2D eigenvalue weighted by Crippen LogP contribution is 2.23. The van der Waals surface area contributed by atoms with Gasteiger partial charge in [-0.3, -0.25) is 9.69 Å². The second-order valence-corrected chi connectivity index (χ2v) is 7.43. The molecule has 0 saturated carbocycles. The molecule has 6 heteroatoms. The topological polar surface area (TPSA) is 71.3 Å². The Bertz CT molecular complexity index is 946. The molecular weight excluding hydrogens is 364 g/mol. The maximum absolute atomic E-state index is 12.7. The van der Waals surface area contributed by atoms with Crippen molar-refractivity contribution in [3.05, 3.63) is 66.1 Å². The summed E-state index contributed by atoms with van der Waals surface area (Å²) in [6.07, 6.45) is 2.57. The first-order chi connectivity index (χ1) is 14.2. The molecular formula is C23H26N4O2. The maximum atomic E-state index is 12.7. The molecule has 4 rings (SSSR count). The third-order valence-corrected chi connectivity index (χ3v) is 5.47. The van der Waals surface area contributed by atoms with Gasteiger partial charge in [-0.25, -0.2) is 0 Å². The molecule has 1 aliphatic heterocycles. The van der Waals surface area contributed by atoms with Crippen LogP contribution in [0.2, 0.25) is 0 Å². The van der Waals surface area contributed by atoms with Gasteiger partial charge in [-0.1, -0.05) is 60.6 Å². The Morgan fingerprint density at radius 3 is 2.59 bits per heavy atom. The maximum Gasteiger partial charge on any atom is 0.241 e. The summed E-state index contributed by atoms with van der Waals surface area (Å²) in [4.78, 5) is 19.5. The van der Waals surface area contributed by atoms with Crippen LogP contribution in [-0.2, 0) is 17.8 Å². The highest BCUT2D eigenvalue weighted by Gasteiger charge is 2.26. The zero-order valence-electron chi connectivity index (χ0n) is 16.7. The van der Waals surface area contributed by atoms with Gasteiger partial charge in [0.1, 0.15) is 0 Å². The van der Waals surface area contributed by atoms with Gasteiger partial charge < -0.3 is 9.84 Å². The summed E-state index contributed by atoms with van der Waals surface area (Å²) in [6, 6.07) is 17.8. The molecule has 1 amide bonds. The largest absolute Gasteiger partial charge is 0.338 e. The Kier molecular flexibility index (Phi) is 6.00. The number of para-hydroxylation sites is 1. The predicted octanol–water partition coefficient (Wildman–Crippen LogP) is 4.15. The van der Waals surface area contributed by atoms with Gasteiger partial charge in [-0.05, 0) is 44.0 Å². The van der Waals surface area contributed by atoms with E-state index in [2.05, 4.69) is 33.3 Å². The number of amides is 1. The molecule has 150 valence electrons. The second kappa shape index (κ2) is 9.01. The highest BCUT2D eigenvalue weighted by atomic mass is 16.5. The van der Waals surface area contributed by atoms with Crippen LogP contribution in [0.3, 0.4) is 0 Å². The smallest absolute Gasteiger partial charge is 0.241 e. The number of hydrogen-bond donors (Lipinski definition) is 1. The van der Waals surface area contributed by atoms with Gasteiger partial charge in [0.2, 0.25) is 17.6 Å². The van der Waals surface area contributed by atoms with Crippen molar-refractivity contribution >= 4 is 11.6 Å². The van der Waals surface area contributed by atoms with Crippen molar-refractivity contribution in [3.63, 3.8) is 0 Å². The van der Waals surface area contributed by atoms with Crippen molar-refractivity contribution in [3.8, 4) is 11.4 Å². The fourth-order valence-corrected chi connectivity index (χ4v) is 3.75. The zero-order valence-corrected chi connectivity index (χ0v) is 16.7. The number of piperidine rings is 1. The van der Waals surface area contributed by atoms with E-state index in [1.54, 1.807) is 0 Å². The van der Waals surface area contributed by atoms with Crippen molar-refractivity contribution in [2.45, 2.75) is 32.7 Å². The van der Waals surface area contributed by atoms with Crippen LogP contribution in [0, 0.1) is 5.92 Å². The number of nitrogens with one attached hydrogen (secondary N) is 1. The molecule has 2 aromatic carbocycles. The van der Waals surface area contributed by atoms with Crippen LogP contribution >= 0.6 is 0 Å². The van der Waals surface area contributed by atoms with Crippen LogP contribution in [0.4, 0.5) is 5.69 Å². The Balaban J connectivity index is 1.29. The van der Waals surface area contributed by atoms with Crippen molar-refractivity contribution < 1.29 is 9.32 Å². The van der Waals surface area contributed by atoms with Gasteiger partial charge in [0.15, 0.2) is 0 Å². The first-order valence-electron chi connectivity index (χ1n) is 10.2. The fraction of sp³-hybridized carbons (Fsp3) is 0.348. The molecule has 0 atom stereocenters. The summed E-state index contributed by atoms with van der Waals surface area (Å²) in [7, 11) is 0. The molecule has 1 aliphatic rings. The summed E-state index contributed by atoms with van der Waals surface area (Å²) in [5.41, 5.74) is 3.05. The molecule has 3 aromatic rings. The zero-order chi connectivity index (χ0) is 20.1. The lowest BCUT2D eigenvalue weighted by Crippen LogP contribution is -2.37. The number of benzene rings is 2. The lowest BCUT2D eigenvalue weighted by molar-refractivity contribution is -0.121. The first-order valence-corrected chi connectivity index (χ1v) is 10.2. The summed E-state index contributed by atoms with van der Waals surface area (Å²) < 4.78 is 5.42. The van der Waals surface area contributed by atoms with Crippen molar-refractivity contribution in [2.75, 3.05) is 18.4 Å². The monoisotopic (exact) mass is 390 g/mol. The van der Waals surface area contributed by atoms with E-state index in [1.807, 2.05) is 48.5 Å². The second-order valence-electron chi connectivity index (χ2n) is 7.43. The molecule has 1 saturated heterocycles. The number of nitrogens with zero attached hydrogens (tertiary/aromatic N) is 3. The molecule has 1 fully saturated rings. The number of anilines is 1. The van der Waals surface area contributed by atoms with E-state index in [0.717, 1.165) is 43.6 Å². The van der Waals surface area contributed by atoms with Crippen LogP contribution in [0.1, 0.15) is 31.2 Å². The molecule has 0 spiro atoms. The molecule has 0 aliphatic carbocycles. The molecule has 1 N–H and O–H groups in total. The quantitative estimate of drug-likeness (QED) is 0.685. The highest BCUT2D eigenvalue weighted by molar-refractivity contribution is 5.93. The van der Waals surface area contributed by atoms with E-state index in [0.29, 0.717) is 18.3 Å². The number of likely N-dealkylation sites (tertiary alicyclic amines) is 1. The van der Waals surface area contributed by atoms with E-state index in [9.17, 15) is 4.79 Å². The Morgan fingerprint density at radius 1 is 1.10 bits per heavy atom. The number of aromatic nitrogens is 2. The number of aryl methyl sites for hydroxylation is 1. The van der Waals surface area contributed by atoms with Crippen LogP contribution in [-0.4, -0.2) is 34.0 Å². The lowest BCUT2D eigenvalue weighted by atomic mass is 9.95. The van der Waals surface area contributed by atoms with Crippen LogP contribution in [0.15, 0.2) is 59.1 Å². The molecule has 2 heterocycles. The van der Waals surface area contributed by atoms with Crippen molar-refractivity contribution in [1.82, 2.24) is 15.0 Å². The molecule has 29 heavy (non-hydrogen) atoms. The summed E-state index contributed by atoms with van der Waals surface area (Å²) >= 11 is 0. The molecule has 0 unspecified atom stereocenters. The first kappa shape index (κ1) is 19.3. The Morgan fingerprint density at radius 2 is 1.83 bits per heavy atom. The molecule has 0 radical (unpaired) electrons. The van der Waals surface area contributed by atoms with Crippen molar-refractivity contribution in [1.29, 1.82) is 0 Å². The van der Waals surface area contributed by atoms with Gasteiger partial charge in [-0.2, -0.15) is 4.98 Å². The Labute approximate surface area is 170 Å². The van der Waals surface area contributed by atoms with Gasteiger partial charge in [0.25, 0.3) is 0 Å². The third-order valence-electron chi connectivity index (χ3n) is 5.47. The average molecular weight is 390 g/mol. The minimum Gasteiger partial charge on any atom is -0.338 e. The normalized spacial score (nSPS) is 15.3. The standard InChI is InChI=1S/C23H26N4O2/c1-2-17-8-6-7-11-20(17)24-23(28)19-12-14-27(15-13-19)16-21-25-22(26-29-21)18-9-4-3-5-10-18/h3-11,19H,2,12-16H2,1H3,(H,24,28). The summed E-state index contributed by atoms with van der Waals surface area (Å²) in [6.45, 7) is 4.41. The average Bonchev–Trinajstić information content (AvgIpc) is 3.24. The van der Waals surface area contributed by atoms with E-state index >= 15 is 0 Å². The van der Waals surface area contributed by atoms with E-state index in [4.69, 9.17) is 4.52 Å². The predicted molar refractivity (Wildman–Crippen MR) is 112 cm³/mol. The van der Waals surface area contributed by atoms with Crippen molar-refractivity contribution in [2.24, 2.45) is 5.92 Å². The van der Waals surface area contributed by atoms with Gasteiger partial charge in [-0.15, -0.1) is 0 Å². The van der Waals surface area contributed by atoms with E-state index in [-0.39, 0.29) is 11.8 Å². The van der Waals surface area contributed by atoms with E-state index < -0.39 is 0 Å². The van der Waals surface area contributed by atoms with Gasteiger partial charge in [0.05, 0.1) is 6.54 Å². The van der Waals surface area contributed by atoms with Gasteiger partial charge >= 0.3 is 0 Å². The number of carbonyl (C=O) groups excluding carboxylic acids is 1. The Hall–Kier alpha value is -2.99. The minimum atomic E-state index is 0.0405. The molecule has 6 nitrogen and oxygen atoms in total. The number of rotatable bonds is 6. The molecule has 1 aromatic heterocycles. The van der Waals surface area contributed by atoms with Crippen LogP contribution in [0.25, 0.3) is 11.4 Å². The SMILES string of the molecule is CCc1ccccc1NC(=O)C1CCN(Cc2nc(-c3ccccc3)no2)CC1. The summed E-state index contributed by atoms with van der Waals surface area (Å²) in [5.74, 6) is 1.39. The lowest BCUT2D eigenvalue weighted by Gasteiger charge is -2.30. The fourth-order valence-electron chi connectivity index (χ4n) is 3.75. The van der Waals surface area contributed by atoms with Crippen LogP contribution < -0.4 is 5.32 Å². The number of carbonyl (C=O) groups is 1. The molecule has 0 bridgehead atoms. The minimum absolute atomic E-state index is 0.0405. The van der Waals surface area contributed by atoms with E-state index in [1.165, 1.54) is 5.56 Å².